The third-order valence-corrected chi connectivity index (χ3v) is 5.76. The summed E-state index contributed by atoms with van der Waals surface area (Å²) >= 11 is -0.826. The SMILES string of the molecule is CCc1cc2c(-c3ncco3)cccc2[cH-]1.CCc1cc2c(-c3ncco3)cccc2[cH-]1.C[Si]C.[Cl][Zr+2][Cl]. The van der Waals surface area contributed by atoms with Crippen LogP contribution >= 0.6 is 17.0 Å². The summed E-state index contributed by atoms with van der Waals surface area (Å²) in [6.45, 7) is 8.64. The van der Waals surface area contributed by atoms with E-state index in [2.05, 4.69) is 73.3 Å². The first-order valence-electron chi connectivity index (χ1n) is 12.3. The Hall–Kier alpha value is -2.24. The van der Waals surface area contributed by atoms with Gasteiger partial charge in [0.2, 0.25) is 11.8 Å². The van der Waals surface area contributed by atoms with Gasteiger partial charge in [0.05, 0.1) is 12.4 Å². The van der Waals surface area contributed by atoms with Gasteiger partial charge in [0, 0.05) is 9.52 Å². The van der Waals surface area contributed by atoms with Gasteiger partial charge in [0.15, 0.2) is 0 Å². The fraction of sp³-hybridized carbons (Fsp3) is 0.200. The third kappa shape index (κ3) is 7.89. The number of nitrogens with zero attached hydrogens (tertiary/aromatic N) is 2. The van der Waals surface area contributed by atoms with E-state index in [4.69, 9.17) is 25.9 Å². The molecule has 4 nitrogen and oxygen atoms in total. The summed E-state index contributed by atoms with van der Waals surface area (Å²) in [5, 5.41) is 4.96. The number of hydrogen-bond acceptors (Lipinski definition) is 4. The average Bonchev–Trinajstić information content (AvgIpc) is 3.75. The van der Waals surface area contributed by atoms with Crippen LogP contribution in [-0.4, -0.2) is 19.5 Å². The van der Waals surface area contributed by atoms with Gasteiger partial charge in [-0.15, -0.1) is 69.1 Å². The van der Waals surface area contributed by atoms with Crippen molar-refractivity contribution >= 4 is 48.1 Å². The Kier molecular flexibility index (Phi) is 12.8. The van der Waals surface area contributed by atoms with E-state index in [1.807, 2.05) is 24.3 Å². The molecule has 6 rings (SSSR count). The minimum absolute atomic E-state index is 0.693. The zero-order valence-electron chi connectivity index (χ0n) is 22.0. The molecular weight excluding hydrogens is 611 g/mol. The number of rotatable bonds is 4. The number of oxazole rings is 2. The predicted molar refractivity (Wildman–Crippen MR) is 158 cm³/mol. The van der Waals surface area contributed by atoms with Crippen LogP contribution in [0.25, 0.3) is 44.5 Å². The second-order valence-corrected chi connectivity index (χ2v) is 13.0. The summed E-state index contributed by atoms with van der Waals surface area (Å²) < 4.78 is 10.7. The van der Waals surface area contributed by atoms with E-state index >= 15 is 0 Å². The van der Waals surface area contributed by atoms with Crippen molar-refractivity contribution in [2.45, 2.75) is 39.8 Å². The van der Waals surface area contributed by atoms with Gasteiger partial charge in [0.25, 0.3) is 0 Å². The molecule has 0 spiro atoms. The van der Waals surface area contributed by atoms with E-state index in [-0.39, 0.29) is 0 Å². The predicted octanol–water partition coefficient (Wildman–Crippen LogP) is 9.72. The summed E-state index contributed by atoms with van der Waals surface area (Å²) in [6, 6.07) is 21.3. The molecule has 0 saturated carbocycles. The quantitative estimate of drug-likeness (QED) is 0.142. The van der Waals surface area contributed by atoms with Crippen LogP contribution in [0.5, 0.6) is 0 Å². The Balaban J connectivity index is 0.000000175. The normalized spacial score (nSPS) is 10.1. The van der Waals surface area contributed by atoms with Gasteiger partial charge < -0.3 is 8.83 Å². The molecule has 0 saturated heterocycles. The van der Waals surface area contributed by atoms with Crippen LogP contribution in [0.3, 0.4) is 0 Å². The molecule has 4 aromatic carbocycles. The summed E-state index contributed by atoms with van der Waals surface area (Å²) in [5.41, 5.74) is 4.85. The molecule has 0 unspecified atom stereocenters. The molecule has 2 heterocycles. The molecule has 0 aliphatic heterocycles. The van der Waals surface area contributed by atoms with Crippen LogP contribution in [0, 0.1) is 0 Å². The number of halogens is 2. The van der Waals surface area contributed by atoms with Gasteiger partial charge in [-0.25, -0.2) is 9.97 Å². The number of aryl methyl sites for hydroxylation is 2. The van der Waals surface area contributed by atoms with Crippen LogP contribution in [0.1, 0.15) is 25.0 Å². The van der Waals surface area contributed by atoms with Crippen LogP contribution in [-0.2, 0) is 33.7 Å². The van der Waals surface area contributed by atoms with Crippen molar-refractivity contribution in [1.82, 2.24) is 9.97 Å². The first kappa shape index (κ1) is 30.3. The van der Waals surface area contributed by atoms with Crippen molar-refractivity contribution in [1.29, 1.82) is 0 Å². The Morgan fingerprint density at radius 1 is 0.763 bits per heavy atom. The Bertz CT molecular complexity index is 1380. The third-order valence-electron chi connectivity index (χ3n) is 5.76. The van der Waals surface area contributed by atoms with Crippen LogP contribution in [0.15, 0.2) is 94.4 Å². The van der Waals surface area contributed by atoms with Crippen molar-refractivity contribution in [3.63, 3.8) is 0 Å². The van der Waals surface area contributed by atoms with Crippen molar-refractivity contribution in [2.75, 3.05) is 0 Å². The molecule has 6 aromatic rings. The number of fused-ring (bicyclic) bond motifs is 2. The second-order valence-electron chi connectivity index (χ2n) is 8.30. The van der Waals surface area contributed by atoms with Gasteiger partial charge in [-0.2, -0.15) is 12.1 Å². The van der Waals surface area contributed by atoms with Gasteiger partial charge in [-0.3, -0.25) is 0 Å². The molecule has 0 aliphatic rings. The molecule has 8 heteroatoms. The van der Waals surface area contributed by atoms with E-state index in [1.165, 1.54) is 32.7 Å². The van der Waals surface area contributed by atoms with Crippen LogP contribution in [0.2, 0.25) is 13.1 Å². The Morgan fingerprint density at radius 3 is 1.47 bits per heavy atom. The van der Waals surface area contributed by atoms with Gasteiger partial charge in [-0.05, 0) is 24.0 Å². The van der Waals surface area contributed by atoms with Crippen molar-refractivity contribution < 1.29 is 29.7 Å². The van der Waals surface area contributed by atoms with E-state index in [0.717, 1.165) is 33.5 Å². The van der Waals surface area contributed by atoms with Gasteiger partial charge >= 0.3 is 37.9 Å². The molecule has 0 aliphatic carbocycles. The maximum atomic E-state index is 5.36. The molecule has 2 aromatic heterocycles. The Morgan fingerprint density at radius 2 is 1.16 bits per heavy atom. The summed E-state index contributed by atoms with van der Waals surface area (Å²) in [4.78, 5) is 8.41. The van der Waals surface area contributed by atoms with Crippen molar-refractivity contribution in [3.8, 4) is 22.9 Å². The molecule has 0 bridgehead atoms. The monoisotopic (exact) mass is 638 g/mol. The van der Waals surface area contributed by atoms with E-state index < -0.39 is 20.8 Å². The molecule has 0 fully saturated rings. The van der Waals surface area contributed by atoms with E-state index in [9.17, 15) is 0 Å². The fourth-order valence-corrected chi connectivity index (χ4v) is 4.09. The molecule has 2 radical (unpaired) electrons. The zero-order chi connectivity index (χ0) is 27.3. The first-order valence-corrected chi connectivity index (χ1v) is 20.6. The summed E-state index contributed by atoms with van der Waals surface area (Å²) in [6.07, 6.45) is 8.69. The topological polar surface area (TPSA) is 52.1 Å². The molecule has 0 N–H and O–H groups in total. The maximum absolute atomic E-state index is 5.36. The molecule has 0 atom stereocenters. The van der Waals surface area contributed by atoms with Gasteiger partial charge in [0.1, 0.15) is 12.5 Å². The standard InChI is InChI=1S/2C14H12NO.C2H6Si.2ClH.Zr/c2*1-2-10-8-11-4-3-5-12(13(11)9-10)14-15-6-7-16-14;1-3-2;;;/h2*3-9H,2H2,1H3;1-2H3;2*1H;/q2*-1;;;;+4/p-2. The van der Waals surface area contributed by atoms with E-state index in [1.54, 1.807) is 24.9 Å². The first-order chi connectivity index (χ1) is 18.6. The summed E-state index contributed by atoms with van der Waals surface area (Å²) in [7, 11) is 11.0. The van der Waals surface area contributed by atoms with Crippen molar-refractivity contribution in [2.24, 2.45) is 0 Å². The molecule has 0 amide bonds. The molecule has 194 valence electrons. The van der Waals surface area contributed by atoms with Crippen LogP contribution < -0.4 is 0 Å². The second kappa shape index (κ2) is 16.0. The number of aromatic nitrogens is 2. The van der Waals surface area contributed by atoms with Gasteiger partial charge in [-0.1, -0.05) is 39.1 Å². The van der Waals surface area contributed by atoms with E-state index in [0.29, 0.717) is 11.8 Å². The number of hydrogen-bond donors (Lipinski definition) is 0. The fourth-order valence-electron chi connectivity index (χ4n) is 4.09. The molecule has 38 heavy (non-hydrogen) atoms. The minimum atomic E-state index is -0.826. The summed E-state index contributed by atoms with van der Waals surface area (Å²) in [5.74, 6) is 1.39. The van der Waals surface area contributed by atoms with Crippen LogP contribution in [0.4, 0.5) is 0 Å². The van der Waals surface area contributed by atoms with Crippen molar-refractivity contribution in [3.05, 3.63) is 96.7 Å². The Labute approximate surface area is 245 Å². The molecular formula is C30H30Cl2N2O2SiZr. The average molecular weight is 641 g/mol. The zero-order valence-corrected chi connectivity index (χ0v) is 26.9. The number of benzene rings is 2.